The van der Waals surface area contributed by atoms with Crippen molar-refractivity contribution >= 4 is 0 Å². The molecule has 0 spiro atoms. The van der Waals surface area contributed by atoms with E-state index in [0.717, 1.165) is 25.5 Å². The number of ether oxygens (including phenoxy) is 6. The number of fused-ring (bicyclic) bond motifs is 18. The first-order valence-electron chi connectivity index (χ1n) is 83.7. The molecule has 0 fully saturated rings. The van der Waals surface area contributed by atoms with Crippen molar-refractivity contribution in [3.8, 4) is 69.0 Å². The third-order valence-corrected chi connectivity index (χ3v) is 25.2. The molecule has 0 saturated heterocycles. The van der Waals surface area contributed by atoms with Crippen LogP contribution in [0, 0.1) is 35.4 Å². The Kier molecular flexibility index (Phi) is 15.5. The second-order valence-electron chi connectivity index (χ2n) is 37.6. The average molecular weight is 1960 g/mol. The lowest BCUT2D eigenvalue weighted by molar-refractivity contribution is 0.0104. The van der Waals surface area contributed by atoms with Crippen LogP contribution >= 0.6 is 0 Å². The first-order valence-corrected chi connectivity index (χ1v) is 47.7. The van der Waals surface area contributed by atoms with Gasteiger partial charge in [0.15, 0.2) is 0 Å². The lowest BCUT2D eigenvalue weighted by Crippen LogP contribution is -2.45. The zero-order chi connectivity index (χ0) is 162. The van der Waals surface area contributed by atoms with Gasteiger partial charge in [-0.05, 0) is 383 Å². The van der Waals surface area contributed by atoms with Crippen molar-refractivity contribution in [1.29, 1.82) is 0 Å². The Morgan fingerprint density at radius 3 is 1.03 bits per heavy atom. The van der Waals surface area contributed by atoms with Crippen LogP contribution in [0.25, 0.3) is 0 Å². The third kappa shape index (κ3) is 25.0. The van der Waals surface area contributed by atoms with Crippen LogP contribution in [0.4, 0.5) is 0 Å². The molecule has 0 radical (unpaired) electrons. The molecule has 6 aliphatic carbocycles. The molecule has 0 bridgehead atoms. The highest BCUT2D eigenvalue weighted by atomic mass is 16.5. The van der Waals surface area contributed by atoms with Crippen molar-refractivity contribution in [2.75, 3.05) is 0 Å². The average Bonchev–Trinajstić information content (AvgIpc) is 0.636. The molecule has 12 nitrogen and oxygen atoms in total. The fraction of sp³-hybridized carbons (Fsp3) is 0.619. The molecule has 18 rings (SSSR count). The maximum atomic E-state index is 11.1. The normalized spacial score (nSPS) is 39.8. The van der Waals surface area contributed by atoms with Crippen molar-refractivity contribution < 1.29 is 158 Å². The van der Waals surface area contributed by atoms with Gasteiger partial charge in [-0.15, -0.1) is 0 Å². The molecule has 0 amide bonds. The summed E-state index contributed by atoms with van der Waals surface area (Å²) in [6.45, 7) is -5.67. The van der Waals surface area contributed by atoms with E-state index in [1.54, 1.807) is 26.8 Å². The summed E-state index contributed by atoms with van der Waals surface area (Å²) in [7, 11) is 0. The molecule has 0 unspecified atom stereocenters. The van der Waals surface area contributed by atoms with E-state index in [1.165, 1.54) is 33.8 Å². The lowest BCUT2D eigenvalue weighted by Gasteiger charge is -2.46. The predicted molar refractivity (Wildman–Crippen MR) is 572 cm³/mol. The van der Waals surface area contributed by atoms with Crippen LogP contribution in [-0.4, -0.2) is 64.2 Å². The van der Waals surface area contributed by atoms with Gasteiger partial charge in [0.05, 0.1) is 20.6 Å². The standard InChI is InChI=1S/6C21H30O2/c6*1-5-6-7-8-15-12-18(22)20-16-11-14(2)9-10-17(16)21(3,4)23-19(20)13-15/h6*11-13,16-17,22H,5-10H2,1-4H3/t6*16-,17-/m111111/s1/i2D3,8D2,9D2,10D2,11D,12D,13D,16D,17D;3D3,4D3,8D2,10D2,11D,12D,13D,17D;2D3,8D2,10D2,11D,12D,13D,16D,17D;3D3,4D3,8D2,9D2,12D,13D;2D3,8D2,9D2,12D,13D,16D;3D3,4D3,8D2,12D,13D. The van der Waals surface area contributed by atoms with E-state index in [2.05, 4.69) is 0 Å². The molecule has 12 aliphatic rings. The van der Waals surface area contributed by atoms with Crippen LogP contribution in [0.1, 0.15) is 559 Å². The molecule has 6 aliphatic heterocycles. The van der Waals surface area contributed by atoms with E-state index in [-0.39, 0.29) is 90.5 Å². The van der Waals surface area contributed by atoms with E-state index < -0.39 is 477 Å². The van der Waals surface area contributed by atoms with Crippen LogP contribution < -0.4 is 28.4 Å². The van der Waals surface area contributed by atoms with Crippen molar-refractivity contribution in [1.82, 2.24) is 0 Å². The van der Waals surface area contributed by atoms with Crippen molar-refractivity contribution in [3.05, 3.63) is 209 Å². The minimum atomic E-state index is -3.70. The van der Waals surface area contributed by atoms with Crippen LogP contribution in [-0.2, 0) is 38.2 Å². The fourth-order valence-corrected chi connectivity index (χ4v) is 17.9. The molecule has 6 aromatic rings. The van der Waals surface area contributed by atoms with Gasteiger partial charge in [-0.25, -0.2) is 0 Å². The summed E-state index contributed by atoms with van der Waals surface area (Å²) in [5, 5.41) is 66.5. The molecule has 756 valence electrons. The molecule has 12 heteroatoms. The summed E-state index contributed by atoms with van der Waals surface area (Å²) < 4.78 is 641. The van der Waals surface area contributed by atoms with Gasteiger partial charge < -0.3 is 59.1 Å². The van der Waals surface area contributed by atoms with Crippen LogP contribution in [0.3, 0.4) is 0 Å². The van der Waals surface area contributed by atoms with Gasteiger partial charge in [-0.1, -0.05) is 188 Å². The summed E-state index contributed by atoms with van der Waals surface area (Å²) in [6.07, 6.45) is -22.1. The highest BCUT2D eigenvalue weighted by Gasteiger charge is 2.52. The number of benzene rings is 6. The third-order valence-electron chi connectivity index (χ3n) is 25.2. The second-order valence-corrected chi connectivity index (χ2v) is 37.6. The smallest absolute Gasteiger partial charge is 0.127 e. The first-order chi connectivity index (χ1) is 94.2. The van der Waals surface area contributed by atoms with Crippen LogP contribution in [0.5, 0.6) is 69.0 Å². The molecule has 6 N–H and O–H groups in total. The topological polar surface area (TPSA) is 177 Å². The summed E-state index contributed by atoms with van der Waals surface area (Å²) in [4.78, 5) is 0. The molecular weight excluding hydrogens is 1710 g/mol. The Labute approximate surface area is 935 Å². The fourth-order valence-electron chi connectivity index (χ4n) is 17.9. The molecule has 6 aromatic carbocycles. The number of hydrogen-bond donors (Lipinski definition) is 6. The van der Waals surface area contributed by atoms with E-state index in [4.69, 9.17) is 119 Å². The highest BCUT2D eigenvalue weighted by molar-refractivity contribution is 5.60. The molecule has 6 heterocycles. The van der Waals surface area contributed by atoms with Crippen molar-refractivity contribution in [3.63, 3.8) is 0 Å². The zero-order valence-electron chi connectivity index (χ0n) is 153. The summed E-state index contributed by atoms with van der Waals surface area (Å²) in [5.74, 6) is -33.3. The summed E-state index contributed by atoms with van der Waals surface area (Å²) >= 11 is 0. The van der Waals surface area contributed by atoms with Crippen LogP contribution in [0.15, 0.2) is 142 Å². The number of allylic oxidation sites excluding steroid dienone is 12. The van der Waals surface area contributed by atoms with E-state index >= 15 is 0 Å². The van der Waals surface area contributed by atoms with Gasteiger partial charge in [-0.2, -0.15) is 0 Å². The number of phenols is 6. The van der Waals surface area contributed by atoms with Gasteiger partial charge in [0.1, 0.15) is 103 Å². The minimum Gasteiger partial charge on any atom is -0.507 e. The van der Waals surface area contributed by atoms with Gasteiger partial charge >= 0.3 is 0 Å². The summed E-state index contributed by atoms with van der Waals surface area (Å²) in [5.41, 5.74) is -21.7. The van der Waals surface area contributed by atoms with Gasteiger partial charge in [0, 0.05) is 182 Å². The van der Waals surface area contributed by atoms with E-state index in [0.29, 0.717) is 83.5 Å². The SMILES string of the molecule is [2H]C1=C(C([2H])([2H])[2H])C([2H])([2H])C([2H])([2H])[C@@]2([2H])C(C)(C)Oc3c([2H])c(C([2H])([2H])CCCC)c([2H])c(O)c3[C@]12[2H].[2H]C1=C(C([2H])([2H])[2H])CC([2H])([2H])[C@@]2([2H])C(C)(C)Oc3c([2H])c(C([2H])([2H])CCCC)c([2H])c(O)c3[C@]12[2H].[2H]C1=C(C)CC([2H])([2H])[C@]2([2H])[C@@H]1c1c(O)c([2H])c(C([2H])([2H])CCCC)c([2H])c1OC2(C([2H])([2H])[2H])C([2H])([2H])[2H].[2H]c1c(O)c2c(c([2H])c1C([2H])([2H])CCCC)OC(C([2H])([2H])[2H])(C([2H])([2H])[2H])[C@@H]1CC([2H])([2H])C(C)=C[C@@H]21.[2H]c1c(O)c2c(c([2H])c1C([2H])([2H])CCCC)OC(C([2H])([2H])[2H])(C([2H])([2H])[2H])[C@@H]1CCC(C)=C[C@@H]21.[2H]c1c(O)c2c(c([2H])c1C([2H])([2H])CCCC)OC(C)(C)[C@@H]1CC([2H])([2H])C(C([2H])([2H])[2H])=C[C@@]21[2H]. The Bertz CT molecular complexity index is 8960. The minimum absolute atomic E-state index is 0.00628. The largest absolute Gasteiger partial charge is 0.507 e. The van der Waals surface area contributed by atoms with Crippen LogP contribution in [0.2, 0.25) is 0 Å². The Hall–Kier alpha value is -8.64. The van der Waals surface area contributed by atoms with Gasteiger partial charge in [0.2, 0.25) is 0 Å². The highest BCUT2D eigenvalue weighted by Crippen LogP contribution is 2.61. The van der Waals surface area contributed by atoms with Crippen molar-refractivity contribution in [2.45, 2.75) is 465 Å². The molecule has 0 saturated carbocycles. The number of aromatic hydroxyl groups is 6. The Morgan fingerprint density at radius 1 is 0.304 bits per heavy atom. The maximum Gasteiger partial charge on any atom is 0.127 e. The molecule has 138 heavy (non-hydrogen) atoms. The van der Waals surface area contributed by atoms with Gasteiger partial charge in [-0.3, -0.25) is 0 Å². The monoisotopic (exact) mass is 1960 g/mol. The second kappa shape index (κ2) is 45.7. The summed E-state index contributed by atoms with van der Waals surface area (Å²) in [6, 6.07) is -11.2. The number of rotatable bonds is 24. The van der Waals surface area contributed by atoms with Crippen molar-refractivity contribution in [2.24, 2.45) is 35.4 Å². The van der Waals surface area contributed by atoms with E-state index in [9.17, 15) is 38.9 Å². The lowest BCUT2D eigenvalue weighted by atomic mass is 9.68. The zero-order valence-corrected chi connectivity index (χ0v) is 81.3. The quantitative estimate of drug-likeness (QED) is 0.0317. The molecule has 0 aromatic heterocycles. The first kappa shape index (κ1) is 46.8. The maximum absolute atomic E-state index is 11.1. The number of hydrogen-bond acceptors (Lipinski definition) is 12. The Morgan fingerprint density at radius 2 is 0.623 bits per heavy atom. The predicted octanol–water partition coefficient (Wildman–Crippen LogP) is 34.4. The number of phenolic OH excluding ortho intramolecular Hbond substituents is 6. The number of unbranched alkanes of at least 4 members (excludes halogenated alkanes) is 6. The molecule has 12 atom stereocenters. The van der Waals surface area contributed by atoms with Gasteiger partial charge in [0.25, 0.3) is 0 Å². The van der Waals surface area contributed by atoms with E-state index in [1.807, 2.05) is 41.5 Å². The Balaban J connectivity index is 0.000000201. The molecular formula is C126H180O12.